The Kier molecular flexibility index (Phi) is 1.99. The minimum absolute atomic E-state index is 0.165. The summed E-state index contributed by atoms with van der Waals surface area (Å²) in [5, 5.41) is 8.87. The Labute approximate surface area is 77.9 Å². The second-order valence-corrected chi connectivity index (χ2v) is 6.92. The van der Waals surface area contributed by atoms with E-state index in [0.29, 0.717) is 0 Å². The molecule has 0 spiro atoms. The van der Waals surface area contributed by atoms with Gasteiger partial charge in [-0.3, -0.25) is 4.79 Å². The topological polar surface area (TPSA) is 71.4 Å². The van der Waals surface area contributed by atoms with Crippen LogP contribution in [0.3, 0.4) is 0 Å². The zero-order valence-electron chi connectivity index (χ0n) is 7.99. The summed E-state index contributed by atoms with van der Waals surface area (Å²) in [5.41, 5.74) is -0.165. The second kappa shape index (κ2) is 2.47. The van der Waals surface area contributed by atoms with Gasteiger partial charge in [-0.05, 0) is 18.3 Å². The predicted molar refractivity (Wildman–Crippen MR) is 48.2 cm³/mol. The first-order chi connectivity index (χ1) is 5.61. The molecule has 13 heavy (non-hydrogen) atoms. The van der Waals surface area contributed by atoms with Crippen LogP contribution in [0.5, 0.6) is 0 Å². The van der Waals surface area contributed by atoms with E-state index in [-0.39, 0.29) is 18.3 Å². The van der Waals surface area contributed by atoms with E-state index in [1.807, 2.05) is 13.8 Å². The van der Waals surface area contributed by atoms with Crippen LogP contribution < -0.4 is 0 Å². The third kappa shape index (κ3) is 1.45. The third-order valence-electron chi connectivity index (χ3n) is 2.63. The molecule has 76 valence electrons. The summed E-state index contributed by atoms with van der Waals surface area (Å²) >= 11 is 0. The number of carboxylic acid groups (broad SMARTS) is 1. The first-order valence-corrected chi connectivity index (χ1v) is 5.93. The predicted octanol–water partition coefficient (Wildman–Crippen LogP) is 0.674. The Hall–Kier alpha value is -0.580. The van der Waals surface area contributed by atoms with Crippen LogP contribution in [0.1, 0.15) is 26.7 Å². The number of hydrogen-bond acceptors (Lipinski definition) is 3. The fraction of sp³-hybridized carbons (Fsp3) is 0.875. The molecule has 0 aliphatic heterocycles. The molecule has 0 atom stereocenters. The number of rotatable bonds is 2. The monoisotopic (exact) mass is 206 g/mol. The smallest absolute Gasteiger partial charge is 0.325 e. The molecule has 0 amide bonds. The lowest BCUT2D eigenvalue weighted by Crippen LogP contribution is -2.59. The van der Waals surface area contributed by atoms with Crippen molar-refractivity contribution in [2.75, 3.05) is 6.26 Å². The van der Waals surface area contributed by atoms with Gasteiger partial charge in [0, 0.05) is 6.26 Å². The van der Waals surface area contributed by atoms with Crippen LogP contribution in [0, 0.1) is 5.41 Å². The zero-order valence-corrected chi connectivity index (χ0v) is 8.81. The van der Waals surface area contributed by atoms with Crippen molar-refractivity contribution in [2.45, 2.75) is 31.4 Å². The van der Waals surface area contributed by atoms with Gasteiger partial charge >= 0.3 is 5.97 Å². The van der Waals surface area contributed by atoms with Crippen LogP contribution in [0.15, 0.2) is 0 Å². The van der Waals surface area contributed by atoms with Gasteiger partial charge in [-0.2, -0.15) is 0 Å². The van der Waals surface area contributed by atoms with E-state index in [9.17, 15) is 13.2 Å². The fourth-order valence-electron chi connectivity index (χ4n) is 2.07. The highest BCUT2D eigenvalue weighted by atomic mass is 32.2. The molecule has 0 aromatic heterocycles. The molecular formula is C8H14O4S. The largest absolute Gasteiger partial charge is 0.480 e. The molecule has 0 radical (unpaired) electrons. The average Bonchev–Trinajstić information content (AvgIpc) is 1.78. The summed E-state index contributed by atoms with van der Waals surface area (Å²) in [6.07, 6.45) is 1.43. The number of carbonyl (C=O) groups is 1. The van der Waals surface area contributed by atoms with E-state index >= 15 is 0 Å². The van der Waals surface area contributed by atoms with Gasteiger partial charge in [-0.25, -0.2) is 8.42 Å². The van der Waals surface area contributed by atoms with Gasteiger partial charge in [0.05, 0.1) is 0 Å². The highest BCUT2D eigenvalue weighted by Crippen LogP contribution is 2.52. The van der Waals surface area contributed by atoms with Crippen LogP contribution in [0.25, 0.3) is 0 Å². The lowest BCUT2D eigenvalue weighted by molar-refractivity contribution is -0.146. The van der Waals surface area contributed by atoms with Crippen molar-refractivity contribution in [1.29, 1.82) is 0 Å². The van der Waals surface area contributed by atoms with E-state index < -0.39 is 20.6 Å². The highest BCUT2D eigenvalue weighted by Gasteiger charge is 2.61. The van der Waals surface area contributed by atoms with Crippen LogP contribution in [0.4, 0.5) is 0 Å². The van der Waals surface area contributed by atoms with Gasteiger partial charge in [-0.15, -0.1) is 0 Å². The third-order valence-corrected chi connectivity index (χ3v) is 4.51. The Morgan fingerprint density at radius 2 is 1.69 bits per heavy atom. The molecule has 1 fully saturated rings. The van der Waals surface area contributed by atoms with E-state index in [1.54, 1.807) is 0 Å². The molecule has 1 rings (SSSR count). The summed E-state index contributed by atoms with van der Waals surface area (Å²) in [6.45, 7) is 3.75. The Bertz CT molecular complexity index is 331. The number of carboxylic acids is 1. The van der Waals surface area contributed by atoms with Crippen molar-refractivity contribution < 1.29 is 18.3 Å². The highest BCUT2D eigenvalue weighted by molar-refractivity contribution is 7.93. The lowest BCUT2D eigenvalue weighted by Gasteiger charge is -2.48. The summed E-state index contributed by atoms with van der Waals surface area (Å²) in [4.78, 5) is 10.9. The quantitative estimate of drug-likeness (QED) is 0.721. The molecule has 1 aliphatic carbocycles. The summed E-state index contributed by atoms with van der Waals surface area (Å²) in [5.74, 6) is -1.21. The minimum Gasteiger partial charge on any atom is -0.480 e. The van der Waals surface area contributed by atoms with Gasteiger partial charge < -0.3 is 5.11 Å². The Morgan fingerprint density at radius 1 is 1.31 bits per heavy atom. The summed E-state index contributed by atoms with van der Waals surface area (Å²) in [7, 11) is -3.50. The molecule has 1 aliphatic rings. The molecule has 0 heterocycles. The van der Waals surface area contributed by atoms with Gasteiger partial charge in [-0.1, -0.05) is 13.8 Å². The van der Waals surface area contributed by atoms with Crippen molar-refractivity contribution in [3.8, 4) is 0 Å². The zero-order chi connectivity index (χ0) is 10.5. The Morgan fingerprint density at radius 3 is 1.77 bits per heavy atom. The molecule has 1 N–H and O–H groups in total. The molecule has 0 saturated heterocycles. The van der Waals surface area contributed by atoms with Crippen molar-refractivity contribution in [1.82, 2.24) is 0 Å². The van der Waals surface area contributed by atoms with E-state index in [4.69, 9.17) is 5.11 Å². The first kappa shape index (κ1) is 10.5. The van der Waals surface area contributed by atoms with E-state index in [0.717, 1.165) is 6.26 Å². The van der Waals surface area contributed by atoms with Crippen molar-refractivity contribution in [3.63, 3.8) is 0 Å². The summed E-state index contributed by atoms with van der Waals surface area (Å²) in [6, 6.07) is 0. The molecule has 0 aromatic rings. The second-order valence-electron chi connectivity index (χ2n) is 4.59. The molecular weight excluding hydrogens is 192 g/mol. The number of hydrogen-bond donors (Lipinski definition) is 1. The maximum Gasteiger partial charge on any atom is 0.325 e. The molecule has 0 bridgehead atoms. The minimum atomic E-state index is -3.50. The van der Waals surface area contributed by atoms with Crippen LogP contribution in [-0.4, -0.2) is 30.5 Å². The normalized spacial score (nSPS) is 24.8. The molecule has 0 unspecified atom stereocenters. The van der Waals surface area contributed by atoms with Crippen LogP contribution in [-0.2, 0) is 14.6 Å². The SMILES string of the molecule is CC1(C)CC(C(=O)O)(S(C)(=O)=O)C1. The van der Waals surface area contributed by atoms with Crippen LogP contribution >= 0.6 is 0 Å². The van der Waals surface area contributed by atoms with Crippen molar-refractivity contribution in [2.24, 2.45) is 5.41 Å². The van der Waals surface area contributed by atoms with Gasteiger partial charge in [0.1, 0.15) is 0 Å². The maximum atomic E-state index is 11.3. The molecule has 4 nitrogen and oxygen atoms in total. The van der Waals surface area contributed by atoms with Gasteiger partial charge in [0.2, 0.25) is 0 Å². The summed E-state index contributed by atoms with van der Waals surface area (Å²) < 4.78 is 21.1. The maximum absolute atomic E-state index is 11.3. The van der Waals surface area contributed by atoms with Gasteiger partial charge in [0.25, 0.3) is 0 Å². The Balaban J connectivity index is 3.05. The van der Waals surface area contributed by atoms with E-state index in [2.05, 4.69) is 0 Å². The van der Waals surface area contributed by atoms with Crippen molar-refractivity contribution in [3.05, 3.63) is 0 Å². The molecule has 1 saturated carbocycles. The molecule has 0 aromatic carbocycles. The first-order valence-electron chi connectivity index (χ1n) is 4.04. The van der Waals surface area contributed by atoms with Crippen LogP contribution in [0.2, 0.25) is 0 Å². The van der Waals surface area contributed by atoms with Gasteiger partial charge in [0.15, 0.2) is 14.6 Å². The van der Waals surface area contributed by atoms with E-state index in [1.165, 1.54) is 0 Å². The molecule has 5 heteroatoms. The average molecular weight is 206 g/mol. The standard InChI is InChI=1S/C8H14O4S/c1-7(2)4-8(5-7,6(9)10)13(3,11)12/h4-5H2,1-3H3,(H,9,10). The number of sulfone groups is 1. The fourth-order valence-corrected chi connectivity index (χ4v) is 3.69. The lowest BCUT2D eigenvalue weighted by atomic mass is 9.64. The number of aliphatic carboxylic acids is 1. The van der Waals surface area contributed by atoms with Crippen molar-refractivity contribution >= 4 is 15.8 Å².